The molecule has 0 aliphatic heterocycles. The van der Waals surface area contributed by atoms with E-state index in [1.54, 1.807) is 0 Å². The Kier molecular flexibility index (Phi) is 5.42. The highest BCUT2D eigenvalue weighted by molar-refractivity contribution is 5.88. The first-order chi connectivity index (χ1) is 10.6. The Morgan fingerprint density at radius 1 is 1.09 bits per heavy atom. The third kappa shape index (κ3) is 4.25. The summed E-state index contributed by atoms with van der Waals surface area (Å²) in [6.45, 7) is 6.23. The van der Waals surface area contributed by atoms with Crippen molar-refractivity contribution >= 4 is 17.3 Å². The molecule has 1 amide bonds. The molecule has 0 saturated heterocycles. The minimum atomic E-state index is -0.0697. The minimum Gasteiger partial charge on any atom is -0.494 e. The van der Waals surface area contributed by atoms with Crippen molar-refractivity contribution in [2.45, 2.75) is 26.8 Å². The smallest absolute Gasteiger partial charge is 0.221 e. The number of para-hydroxylation sites is 1. The van der Waals surface area contributed by atoms with Crippen LogP contribution in [0.5, 0.6) is 5.75 Å². The van der Waals surface area contributed by atoms with Gasteiger partial charge in [0.05, 0.1) is 12.6 Å². The number of ether oxygens (including phenoxy) is 1. The summed E-state index contributed by atoms with van der Waals surface area (Å²) in [6.07, 6.45) is 0. The van der Waals surface area contributed by atoms with E-state index in [0.717, 1.165) is 22.7 Å². The average Bonchev–Trinajstić information content (AvgIpc) is 2.49. The first kappa shape index (κ1) is 15.9. The molecule has 0 spiro atoms. The number of rotatable bonds is 6. The molecular weight excluding hydrogens is 276 g/mol. The lowest BCUT2D eigenvalue weighted by Crippen LogP contribution is -2.09. The molecule has 0 radical (unpaired) electrons. The number of benzene rings is 2. The van der Waals surface area contributed by atoms with Crippen LogP contribution in [-0.4, -0.2) is 12.5 Å². The lowest BCUT2D eigenvalue weighted by Gasteiger charge is -2.19. The maximum Gasteiger partial charge on any atom is 0.221 e. The van der Waals surface area contributed by atoms with Crippen molar-refractivity contribution in [3.63, 3.8) is 0 Å². The van der Waals surface area contributed by atoms with Gasteiger partial charge in [-0.2, -0.15) is 0 Å². The monoisotopic (exact) mass is 298 g/mol. The van der Waals surface area contributed by atoms with Gasteiger partial charge in [-0.1, -0.05) is 18.2 Å². The fourth-order valence-electron chi connectivity index (χ4n) is 2.31. The standard InChI is InChI=1S/C18H22N2O2/c1-4-22-18-8-6-5-7-17(18)13(2)19-15-9-11-16(12-10-15)20-14(3)21/h5-13,19H,4H2,1-3H3,(H,20,21). The second kappa shape index (κ2) is 7.50. The number of amides is 1. The van der Waals surface area contributed by atoms with Gasteiger partial charge in [-0.15, -0.1) is 0 Å². The zero-order valence-corrected chi connectivity index (χ0v) is 13.2. The molecule has 2 rings (SSSR count). The second-order valence-corrected chi connectivity index (χ2v) is 5.10. The van der Waals surface area contributed by atoms with Gasteiger partial charge in [0.2, 0.25) is 5.91 Å². The summed E-state index contributed by atoms with van der Waals surface area (Å²) in [5, 5.41) is 6.20. The first-order valence-corrected chi connectivity index (χ1v) is 7.46. The van der Waals surface area contributed by atoms with Crippen LogP contribution in [-0.2, 0) is 4.79 Å². The van der Waals surface area contributed by atoms with Crippen LogP contribution in [0.4, 0.5) is 11.4 Å². The van der Waals surface area contributed by atoms with Crippen LogP contribution in [0.2, 0.25) is 0 Å². The average molecular weight is 298 g/mol. The molecule has 0 bridgehead atoms. The van der Waals surface area contributed by atoms with Crippen molar-refractivity contribution in [2.24, 2.45) is 0 Å². The minimum absolute atomic E-state index is 0.0697. The zero-order valence-electron chi connectivity index (χ0n) is 13.2. The largest absolute Gasteiger partial charge is 0.494 e. The summed E-state index contributed by atoms with van der Waals surface area (Å²) in [5.41, 5.74) is 2.91. The molecule has 4 nitrogen and oxygen atoms in total. The number of carbonyl (C=O) groups is 1. The van der Waals surface area contributed by atoms with Gasteiger partial charge in [-0.25, -0.2) is 0 Å². The Bertz CT molecular complexity index is 623. The molecule has 0 aromatic heterocycles. The SMILES string of the molecule is CCOc1ccccc1C(C)Nc1ccc(NC(C)=O)cc1. The van der Waals surface area contributed by atoms with Crippen molar-refractivity contribution in [1.82, 2.24) is 0 Å². The van der Waals surface area contributed by atoms with Crippen molar-refractivity contribution < 1.29 is 9.53 Å². The van der Waals surface area contributed by atoms with Crippen molar-refractivity contribution in [1.29, 1.82) is 0 Å². The molecule has 2 N–H and O–H groups in total. The topological polar surface area (TPSA) is 50.4 Å². The molecule has 1 atom stereocenters. The highest BCUT2D eigenvalue weighted by Crippen LogP contribution is 2.28. The molecular formula is C18H22N2O2. The van der Waals surface area contributed by atoms with E-state index in [1.807, 2.05) is 49.4 Å². The summed E-state index contributed by atoms with van der Waals surface area (Å²) >= 11 is 0. The predicted molar refractivity (Wildman–Crippen MR) is 90.4 cm³/mol. The summed E-state index contributed by atoms with van der Waals surface area (Å²) in [4.78, 5) is 11.0. The number of hydrogen-bond donors (Lipinski definition) is 2. The van der Waals surface area contributed by atoms with Gasteiger partial charge in [-0.05, 0) is 44.2 Å². The van der Waals surface area contributed by atoms with E-state index < -0.39 is 0 Å². The summed E-state index contributed by atoms with van der Waals surface area (Å²) in [7, 11) is 0. The Labute approximate surface area is 131 Å². The van der Waals surface area contributed by atoms with E-state index in [2.05, 4.69) is 23.6 Å². The van der Waals surface area contributed by atoms with E-state index >= 15 is 0 Å². The van der Waals surface area contributed by atoms with E-state index in [-0.39, 0.29) is 11.9 Å². The fraction of sp³-hybridized carbons (Fsp3) is 0.278. The Hall–Kier alpha value is -2.49. The fourth-order valence-corrected chi connectivity index (χ4v) is 2.31. The molecule has 0 aliphatic rings. The van der Waals surface area contributed by atoms with Crippen LogP contribution >= 0.6 is 0 Å². The molecule has 116 valence electrons. The Morgan fingerprint density at radius 2 is 1.73 bits per heavy atom. The quantitative estimate of drug-likeness (QED) is 0.839. The molecule has 4 heteroatoms. The molecule has 1 unspecified atom stereocenters. The summed E-state index contributed by atoms with van der Waals surface area (Å²) in [5.74, 6) is 0.833. The Balaban J connectivity index is 2.08. The van der Waals surface area contributed by atoms with Crippen molar-refractivity contribution in [2.75, 3.05) is 17.2 Å². The van der Waals surface area contributed by atoms with Crippen LogP contribution in [0.25, 0.3) is 0 Å². The Morgan fingerprint density at radius 3 is 2.36 bits per heavy atom. The highest BCUT2D eigenvalue weighted by atomic mass is 16.5. The number of carbonyl (C=O) groups excluding carboxylic acids is 1. The van der Waals surface area contributed by atoms with Crippen LogP contribution in [0.3, 0.4) is 0 Å². The van der Waals surface area contributed by atoms with Gasteiger partial charge in [0.1, 0.15) is 5.75 Å². The number of hydrogen-bond acceptors (Lipinski definition) is 3. The third-order valence-corrected chi connectivity index (χ3v) is 3.27. The van der Waals surface area contributed by atoms with Gasteiger partial charge in [0, 0.05) is 23.9 Å². The molecule has 22 heavy (non-hydrogen) atoms. The molecule has 0 aliphatic carbocycles. The van der Waals surface area contributed by atoms with E-state index in [9.17, 15) is 4.79 Å². The summed E-state index contributed by atoms with van der Waals surface area (Å²) < 4.78 is 5.67. The molecule has 0 fully saturated rings. The van der Waals surface area contributed by atoms with Crippen LogP contribution in [0.1, 0.15) is 32.4 Å². The van der Waals surface area contributed by atoms with Gasteiger partial charge >= 0.3 is 0 Å². The maximum atomic E-state index is 11.0. The van der Waals surface area contributed by atoms with Gasteiger partial charge in [0.25, 0.3) is 0 Å². The molecule has 2 aromatic rings. The zero-order chi connectivity index (χ0) is 15.9. The van der Waals surface area contributed by atoms with E-state index in [4.69, 9.17) is 4.74 Å². The lowest BCUT2D eigenvalue weighted by atomic mass is 10.1. The predicted octanol–water partition coefficient (Wildman–Crippen LogP) is 4.22. The molecule has 0 saturated carbocycles. The normalized spacial score (nSPS) is 11.6. The third-order valence-electron chi connectivity index (χ3n) is 3.27. The van der Waals surface area contributed by atoms with E-state index in [1.165, 1.54) is 6.92 Å². The van der Waals surface area contributed by atoms with E-state index in [0.29, 0.717) is 6.61 Å². The van der Waals surface area contributed by atoms with Gasteiger partial charge in [0.15, 0.2) is 0 Å². The first-order valence-electron chi connectivity index (χ1n) is 7.46. The van der Waals surface area contributed by atoms with Crippen LogP contribution in [0, 0.1) is 0 Å². The van der Waals surface area contributed by atoms with Crippen molar-refractivity contribution in [3.05, 3.63) is 54.1 Å². The second-order valence-electron chi connectivity index (χ2n) is 5.10. The number of nitrogens with one attached hydrogen (secondary N) is 2. The lowest BCUT2D eigenvalue weighted by molar-refractivity contribution is -0.114. The van der Waals surface area contributed by atoms with Crippen LogP contribution < -0.4 is 15.4 Å². The molecule has 2 aromatic carbocycles. The summed E-state index contributed by atoms with van der Waals surface area (Å²) in [6, 6.07) is 15.8. The van der Waals surface area contributed by atoms with Crippen LogP contribution in [0.15, 0.2) is 48.5 Å². The number of anilines is 2. The highest BCUT2D eigenvalue weighted by Gasteiger charge is 2.11. The van der Waals surface area contributed by atoms with Gasteiger partial charge < -0.3 is 15.4 Å². The maximum absolute atomic E-state index is 11.0. The van der Waals surface area contributed by atoms with Gasteiger partial charge in [-0.3, -0.25) is 4.79 Å². The molecule has 0 heterocycles. The van der Waals surface area contributed by atoms with Crippen molar-refractivity contribution in [3.8, 4) is 5.75 Å².